The van der Waals surface area contributed by atoms with Crippen molar-refractivity contribution in [1.82, 2.24) is 30.0 Å². The molecule has 4 aromatic rings. The van der Waals surface area contributed by atoms with Crippen LogP contribution in [0.4, 0.5) is 0 Å². The summed E-state index contributed by atoms with van der Waals surface area (Å²) in [5.41, 5.74) is 3.91. The molecular formula is C21H20N6O. The van der Waals surface area contributed by atoms with Gasteiger partial charge in [0.2, 0.25) is 0 Å². The summed E-state index contributed by atoms with van der Waals surface area (Å²) in [7, 11) is 0. The lowest BCUT2D eigenvalue weighted by Gasteiger charge is -2.31. The minimum atomic E-state index is 0.134. The van der Waals surface area contributed by atoms with E-state index in [1.165, 1.54) is 12.8 Å². The van der Waals surface area contributed by atoms with Crippen LogP contribution in [-0.2, 0) is 0 Å². The van der Waals surface area contributed by atoms with Crippen LogP contribution >= 0.6 is 0 Å². The minimum absolute atomic E-state index is 0.134. The van der Waals surface area contributed by atoms with Crippen molar-refractivity contribution in [2.45, 2.75) is 37.3 Å². The number of piperidine rings is 1. The van der Waals surface area contributed by atoms with Crippen LogP contribution in [0.25, 0.3) is 33.3 Å². The Morgan fingerprint density at radius 1 is 1.07 bits per heavy atom. The number of phenolic OH excluding ortho intramolecular Hbond substituents is 1. The lowest BCUT2D eigenvalue weighted by molar-refractivity contribution is 0.290. The molecule has 0 unspecified atom stereocenters. The fourth-order valence-corrected chi connectivity index (χ4v) is 4.48. The maximum atomic E-state index is 10.5. The first-order valence-electron chi connectivity index (χ1n) is 9.74. The van der Waals surface area contributed by atoms with Gasteiger partial charge < -0.3 is 15.0 Å². The quantitative estimate of drug-likeness (QED) is 0.562. The van der Waals surface area contributed by atoms with E-state index in [1.54, 1.807) is 18.5 Å². The number of nitrogens with one attached hydrogen (secondary N) is 1. The molecule has 3 aromatic heterocycles. The maximum Gasteiger partial charge on any atom is 0.162 e. The van der Waals surface area contributed by atoms with E-state index in [4.69, 9.17) is 0 Å². The van der Waals surface area contributed by atoms with E-state index in [1.807, 2.05) is 12.1 Å². The largest absolute Gasteiger partial charge is 0.507 e. The highest BCUT2D eigenvalue weighted by molar-refractivity contribution is 5.87. The Bertz CT molecular complexity index is 1210. The molecule has 0 bridgehead atoms. The standard InChI is InChI=1S/C21H20N6O/c28-19-11-18-17(22-6-7-23-18)10-15(19)16-9-13-2-8-27(20(13)26-25-16)14-1-5-24-21(12-14)3-4-21/h2,6-11,14,24,28H,1,3-5,12H2/t14-/m0/s1. The van der Waals surface area contributed by atoms with Crippen molar-refractivity contribution in [2.24, 2.45) is 0 Å². The molecule has 6 rings (SSSR count). The molecule has 7 heteroatoms. The van der Waals surface area contributed by atoms with Gasteiger partial charge in [-0.1, -0.05) is 0 Å². The summed E-state index contributed by atoms with van der Waals surface area (Å²) < 4.78 is 2.28. The molecule has 1 atom stereocenters. The average Bonchev–Trinajstić information content (AvgIpc) is 3.32. The van der Waals surface area contributed by atoms with E-state index >= 15 is 0 Å². The fourth-order valence-electron chi connectivity index (χ4n) is 4.48. The molecule has 2 N–H and O–H groups in total. The van der Waals surface area contributed by atoms with Crippen molar-refractivity contribution < 1.29 is 5.11 Å². The van der Waals surface area contributed by atoms with Crippen LogP contribution < -0.4 is 5.32 Å². The monoisotopic (exact) mass is 372 g/mol. The third kappa shape index (κ3) is 2.46. The number of hydrogen-bond donors (Lipinski definition) is 2. The van der Waals surface area contributed by atoms with E-state index < -0.39 is 0 Å². The Labute approximate surface area is 161 Å². The number of hydrogen-bond acceptors (Lipinski definition) is 6. The zero-order valence-electron chi connectivity index (χ0n) is 15.3. The third-order valence-electron chi connectivity index (χ3n) is 6.18. The van der Waals surface area contributed by atoms with Crippen molar-refractivity contribution in [3.63, 3.8) is 0 Å². The Kier molecular flexibility index (Phi) is 3.26. The summed E-state index contributed by atoms with van der Waals surface area (Å²) in [5, 5.41) is 24.1. The van der Waals surface area contributed by atoms with Crippen molar-refractivity contribution in [2.75, 3.05) is 6.54 Å². The minimum Gasteiger partial charge on any atom is -0.507 e. The van der Waals surface area contributed by atoms with Gasteiger partial charge in [0.15, 0.2) is 5.65 Å². The lowest BCUT2D eigenvalue weighted by atomic mass is 9.97. The van der Waals surface area contributed by atoms with Gasteiger partial charge in [-0.2, -0.15) is 0 Å². The van der Waals surface area contributed by atoms with Gasteiger partial charge in [-0.3, -0.25) is 9.97 Å². The van der Waals surface area contributed by atoms with Crippen LogP contribution in [0.2, 0.25) is 0 Å². The Hall–Kier alpha value is -3.06. The predicted molar refractivity (Wildman–Crippen MR) is 106 cm³/mol. The summed E-state index contributed by atoms with van der Waals surface area (Å²) in [4.78, 5) is 8.56. The number of aromatic hydroxyl groups is 1. The first-order valence-corrected chi connectivity index (χ1v) is 9.74. The van der Waals surface area contributed by atoms with Crippen LogP contribution in [0, 0.1) is 0 Å². The van der Waals surface area contributed by atoms with Crippen molar-refractivity contribution in [3.8, 4) is 17.0 Å². The number of fused-ring (bicyclic) bond motifs is 2. The second-order valence-electron chi connectivity index (χ2n) is 8.00. The maximum absolute atomic E-state index is 10.5. The highest BCUT2D eigenvalue weighted by atomic mass is 16.3. The summed E-state index contributed by atoms with van der Waals surface area (Å²) in [6.07, 6.45) is 10.2. The summed E-state index contributed by atoms with van der Waals surface area (Å²) in [6.45, 7) is 1.06. The van der Waals surface area contributed by atoms with Gasteiger partial charge in [-0.05, 0) is 50.4 Å². The zero-order valence-corrected chi connectivity index (χ0v) is 15.3. The molecule has 140 valence electrons. The van der Waals surface area contributed by atoms with Crippen LogP contribution in [-0.4, -0.2) is 41.9 Å². The molecule has 1 aromatic carbocycles. The first-order chi connectivity index (χ1) is 13.7. The van der Waals surface area contributed by atoms with Gasteiger partial charge in [-0.25, -0.2) is 0 Å². The number of rotatable bonds is 2. The Morgan fingerprint density at radius 2 is 1.89 bits per heavy atom. The van der Waals surface area contributed by atoms with Crippen molar-refractivity contribution in [1.29, 1.82) is 0 Å². The van der Waals surface area contributed by atoms with Crippen molar-refractivity contribution >= 4 is 22.1 Å². The van der Waals surface area contributed by atoms with Gasteiger partial charge in [0.25, 0.3) is 0 Å². The zero-order chi connectivity index (χ0) is 18.7. The lowest BCUT2D eigenvalue weighted by Crippen LogP contribution is -2.40. The molecule has 0 amide bonds. The molecule has 0 radical (unpaired) electrons. The fraction of sp³-hybridized carbons (Fsp3) is 0.333. The summed E-state index contributed by atoms with van der Waals surface area (Å²) in [5.74, 6) is 0.134. The molecule has 1 spiro atoms. The smallest absolute Gasteiger partial charge is 0.162 e. The average molecular weight is 372 g/mol. The molecule has 7 nitrogen and oxygen atoms in total. The first kappa shape index (κ1) is 15.9. The van der Waals surface area contributed by atoms with Gasteiger partial charge in [0.1, 0.15) is 5.75 Å². The molecule has 28 heavy (non-hydrogen) atoms. The predicted octanol–water partition coefficient (Wildman–Crippen LogP) is 3.20. The molecule has 2 fully saturated rings. The van der Waals surface area contributed by atoms with Crippen LogP contribution in [0.15, 0.2) is 42.9 Å². The highest BCUT2D eigenvalue weighted by Crippen LogP contribution is 2.46. The van der Waals surface area contributed by atoms with E-state index in [0.717, 1.165) is 35.9 Å². The highest BCUT2D eigenvalue weighted by Gasteiger charge is 2.46. The van der Waals surface area contributed by atoms with Crippen LogP contribution in [0.5, 0.6) is 5.75 Å². The van der Waals surface area contributed by atoms with Gasteiger partial charge >= 0.3 is 0 Å². The van der Waals surface area contributed by atoms with Gasteiger partial charge in [-0.15, -0.1) is 10.2 Å². The second kappa shape index (κ2) is 5.72. The molecule has 1 aliphatic carbocycles. The molecule has 1 aliphatic heterocycles. The Morgan fingerprint density at radius 3 is 2.71 bits per heavy atom. The van der Waals surface area contributed by atoms with Crippen molar-refractivity contribution in [3.05, 3.63) is 42.9 Å². The van der Waals surface area contributed by atoms with Gasteiger partial charge in [0, 0.05) is 47.2 Å². The molecule has 4 heterocycles. The number of phenols is 1. The molecular weight excluding hydrogens is 352 g/mol. The summed E-state index contributed by atoms with van der Waals surface area (Å²) in [6, 6.07) is 7.98. The topological polar surface area (TPSA) is 88.8 Å². The number of benzene rings is 1. The van der Waals surface area contributed by atoms with E-state index in [-0.39, 0.29) is 5.75 Å². The van der Waals surface area contributed by atoms with E-state index in [0.29, 0.717) is 28.4 Å². The normalized spacial score (nSPS) is 20.8. The number of aromatic nitrogens is 5. The summed E-state index contributed by atoms with van der Waals surface area (Å²) >= 11 is 0. The van der Waals surface area contributed by atoms with E-state index in [2.05, 4.69) is 42.3 Å². The van der Waals surface area contributed by atoms with E-state index in [9.17, 15) is 5.11 Å². The SMILES string of the molecule is Oc1cc2nccnc2cc1-c1cc2ccn([C@H]3CCNC4(CC4)C3)c2nn1. The molecule has 1 saturated heterocycles. The second-order valence-corrected chi connectivity index (χ2v) is 8.00. The van der Waals surface area contributed by atoms with Crippen LogP contribution in [0.1, 0.15) is 31.7 Å². The number of nitrogens with zero attached hydrogens (tertiary/aromatic N) is 5. The van der Waals surface area contributed by atoms with Crippen LogP contribution in [0.3, 0.4) is 0 Å². The van der Waals surface area contributed by atoms with Gasteiger partial charge in [0.05, 0.1) is 16.7 Å². The molecule has 2 aliphatic rings. The molecule has 1 saturated carbocycles. The third-order valence-corrected chi connectivity index (χ3v) is 6.18. The Balaban J connectivity index is 1.41.